The number of rotatable bonds is 3. The average Bonchev–Trinajstić information content (AvgIpc) is 2.83. The van der Waals surface area contributed by atoms with Crippen molar-refractivity contribution in [3.8, 4) is 0 Å². The molecular formula is C18H23Si. The Morgan fingerprint density at radius 2 is 1.84 bits per heavy atom. The molecule has 99 valence electrons. The van der Waals surface area contributed by atoms with Crippen LogP contribution in [0.3, 0.4) is 0 Å². The maximum Gasteiger partial charge on any atom is 0.0591 e. The van der Waals surface area contributed by atoms with Crippen molar-refractivity contribution in [2.24, 2.45) is 0 Å². The van der Waals surface area contributed by atoms with Crippen molar-refractivity contribution in [2.45, 2.75) is 45.6 Å². The molecule has 3 rings (SSSR count). The Labute approximate surface area is 119 Å². The van der Waals surface area contributed by atoms with Crippen molar-refractivity contribution in [1.82, 2.24) is 0 Å². The maximum absolute atomic E-state index is 2.49. The van der Waals surface area contributed by atoms with E-state index in [0.717, 1.165) is 0 Å². The van der Waals surface area contributed by atoms with Crippen LogP contribution in [0.2, 0.25) is 6.04 Å². The van der Waals surface area contributed by atoms with Crippen molar-refractivity contribution in [3.63, 3.8) is 0 Å². The summed E-state index contributed by atoms with van der Waals surface area (Å²) in [6.07, 6.45) is 10.4. The zero-order valence-electron chi connectivity index (χ0n) is 12.1. The van der Waals surface area contributed by atoms with Crippen LogP contribution < -0.4 is 5.19 Å². The molecule has 0 bridgehead atoms. The van der Waals surface area contributed by atoms with Crippen molar-refractivity contribution >= 4 is 14.7 Å². The van der Waals surface area contributed by atoms with E-state index >= 15 is 0 Å². The predicted molar refractivity (Wildman–Crippen MR) is 86.8 cm³/mol. The minimum absolute atomic E-state index is 0.158. The molecule has 0 heterocycles. The van der Waals surface area contributed by atoms with Gasteiger partial charge in [0.15, 0.2) is 0 Å². The molecule has 1 heteroatoms. The van der Waals surface area contributed by atoms with Crippen LogP contribution in [0.4, 0.5) is 0 Å². The third-order valence-electron chi connectivity index (χ3n) is 4.67. The molecular weight excluding hydrogens is 244 g/mol. The van der Waals surface area contributed by atoms with Crippen LogP contribution in [-0.2, 0) is 0 Å². The van der Waals surface area contributed by atoms with Gasteiger partial charge in [0.05, 0.1) is 9.52 Å². The summed E-state index contributed by atoms with van der Waals surface area (Å²) >= 11 is 0. The Morgan fingerprint density at radius 3 is 2.63 bits per heavy atom. The van der Waals surface area contributed by atoms with Gasteiger partial charge in [0.1, 0.15) is 0 Å². The zero-order valence-corrected chi connectivity index (χ0v) is 13.5. The quantitative estimate of drug-likeness (QED) is 0.735. The first-order valence-electron chi connectivity index (χ1n) is 7.56. The van der Waals surface area contributed by atoms with Crippen LogP contribution in [0.1, 0.15) is 36.8 Å². The highest BCUT2D eigenvalue weighted by Crippen LogP contribution is 2.36. The van der Waals surface area contributed by atoms with Gasteiger partial charge in [-0.2, -0.15) is 0 Å². The molecule has 19 heavy (non-hydrogen) atoms. The summed E-state index contributed by atoms with van der Waals surface area (Å²) in [5.74, 6) is 0. The van der Waals surface area contributed by atoms with Crippen LogP contribution in [0.25, 0.3) is 0 Å². The van der Waals surface area contributed by atoms with Crippen molar-refractivity contribution in [2.75, 3.05) is 0 Å². The van der Waals surface area contributed by atoms with Crippen LogP contribution in [0.5, 0.6) is 0 Å². The van der Waals surface area contributed by atoms with E-state index in [1.54, 1.807) is 21.9 Å². The Hall–Kier alpha value is -1.08. The molecule has 1 radical (unpaired) electrons. The van der Waals surface area contributed by atoms with Crippen LogP contribution in [0.15, 0.2) is 41.0 Å². The summed E-state index contributed by atoms with van der Waals surface area (Å²) in [7, 11) is -0.158. The highest BCUT2D eigenvalue weighted by atomic mass is 28.2. The zero-order chi connectivity index (χ0) is 13.2. The fraction of sp³-hybridized carbons (Fsp3) is 0.389. The largest absolute Gasteiger partial charge is 0.0647 e. The van der Waals surface area contributed by atoms with Gasteiger partial charge in [0.2, 0.25) is 0 Å². The number of benzene rings is 1. The average molecular weight is 267 g/mol. The molecule has 1 aromatic rings. The second-order valence-electron chi connectivity index (χ2n) is 5.98. The second kappa shape index (κ2) is 5.50. The summed E-state index contributed by atoms with van der Waals surface area (Å²) in [5, 5.41) is 1.65. The third kappa shape index (κ3) is 2.76. The maximum atomic E-state index is 2.49. The lowest BCUT2D eigenvalue weighted by Gasteiger charge is -2.12. The lowest BCUT2D eigenvalue weighted by molar-refractivity contribution is 0.693. The molecule has 2 aliphatic rings. The smallest absolute Gasteiger partial charge is 0.0591 e. The Kier molecular flexibility index (Phi) is 3.74. The highest BCUT2D eigenvalue weighted by Gasteiger charge is 2.19. The van der Waals surface area contributed by atoms with E-state index in [9.17, 15) is 0 Å². The first-order chi connectivity index (χ1) is 9.24. The van der Waals surface area contributed by atoms with Crippen LogP contribution >= 0.6 is 0 Å². The molecule has 0 aliphatic heterocycles. The minimum Gasteiger partial charge on any atom is -0.0647 e. The lowest BCUT2D eigenvalue weighted by Crippen LogP contribution is -2.18. The van der Waals surface area contributed by atoms with E-state index in [4.69, 9.17) is 0 Å². The Morgan fingerprint density at radius 1 is 1.05 bits per heavy atom. The first-order valence-corrected chi connectivity index (χ1v) is 9.27. The molecule has 0 saturated carbocycles. The van der Waals surface area contributed by atoms with E-state index < -0.39 is 0 Å². The standard InChI is InChI=1S/C18H23Si/c1-13-6-5-9-18(14(13)2)19-12-15-10-16-7-3-4-8-17(16)11-15/h5-6,9-11H,3-4,7-8,12,19H2,1-2H3. The second-order valence-corrected chi connectivity index (χ2v) is 7.74. The summed E-state index contributed by atoms with van der Waals surface area (Å²) in [5.41, 5.74) is 7.89. The molecule has 0 fully saturated rings. The van der Waals surface area contributed by atoms with E-state index in [2.05, 4.69) is 44.5 Å². The molecule has 0 amide bonds. The molecule has 0 N–H and O–H groups in total. The van der Waals surface area contributed by atoms with E-state index in [1.165, 1.54) is 42.9 Å². The van der Waals surface area contributed by atoms with Gasteiger partial charge in [-0.3, -0.25) is 0 Å². The van der Waals surface area contributed by atoms with Gasteiger partial charge in [-0.1, -0.05) is 40.6 Å². The summed E-state index contributed by atoms with van der Waals surface area (Å²) < 4.78 is 0. The summed E-state index contributed by atoms with van der Waals surface area (Å²) in [6.45, 7) is 4.52. The molecule has 1 aromatic carbocycles. The van der Waals surface area contributed by atoms with E-state index in [0.29, 0.717) is 0 Å². The summed E-state index contributed by atoms with van der Waals surface area (Å²) in [6, 6.07) is 8.13. The topological polar surface area (TPSA) is 0 Å². The van der Waals surface area contributed by atoms with Crippen LogP contribution in [0, 0.1) is 20.3 Å². The number of hydrogen-bond acceptors (Lipinski definition) is 0. The van der Waals surface area contributed by atoms with Crippen molar-refractivity contribution in [1.29, 1.82) is 0 Å². The van der Waals surface area contributed by atoms with E-state index in [-0.39, 0.29) is 9.52 Å². The fourth-order valence-electron chi connectivity index (χ4n) is 3.28. The molecule has 0 atom stereocenters. The van der Waals surface area contributed by atoms with Crippen LogP contribution in [-0.4, -0.2) is 9.52 Å². The molecule has 0 spiro atoms. The first kappa shape index (κ1) is 12.9. The predicted octanol–water partition coefficient (Wildman–Crippen LogP) is 3.53. The van der Waals surface area contributed by atoms with E-state index in [1.807, 2.05) is 0 Å². The SMILES string of the molecule is Cc1cccc([SiH2]CC2=CC3=C([CH]2)CCCC3)c1C. The monoisotopic (exact) mass is 267 g/mol. The number of allylic oxidation sites excluding steroid dienone is 4. The number of hydrogen-bond donors (Lipinski definition) is 0. The van der Waals surface area contributed by atoms with Gasteiger partial charge in [-0.25, -0.2) is 0 Å². The van der Waals surface area contributed by atoms with Crippen molar-refractivity contribution in [3.05, 3.63) is 58.5 Å². The Bertz CT molecular complexity index is 549. The molecule has 0 nitrogen and oxygen atoms in total. The van der Waals surface area contributed by atoms with Crippen molar-refractivity contribution < 1.29 is 0 Å². The normalized spacial score (nSPS) is 19.2. The fourth-order valence-corrected chi connectivity index (χ4v) is 5.08. The lowest BCUT2D eigenvalue weighted by atomic mass is 9.94. The van der Waals surface area contributed by atoms with Gasteiger partial charge >= 0.3 is 0 Å². The van der Waals surface area contributed by atoms with Gasteiger partial charge in [-0.15, -0.1) is 0 Å². The van der Waals surface area contributed by atoms with Gasteiger partial charge < -0.3 is 0 Å². The molecule has 0 saturated heterocycles. The number of aryl methyl sites for hydroxylation is 1. The Balaban J connectivity index is 1.64. The van der Waals surface area contributed by atoms with Gasteiger partial charge in [-0.05, 0) is 62.3 Å². The molecule has 2 aliphatic carbocycles. The molecule has 0 aromatic heterocycles. The van der Waals surface area contributed by atoms with Gasteiger partial charge in [0.25, 0.3) is 0 Å². The summed E-state index contributed by atoms with van der Waals surface area (Å²) in [4.78, 5) is 0. The third-order valence-corrected chi connectivity index (χ3v) is 6.81. The molecule has 0 unspecified atom stereocenters. The minimum atomic E-state index is -0.158. The highest BCUT2D eigenvalue weighted by molar-refractivity contribution is 6.54. The van der Waals surface area contributed by atoms with Gasteiger partial charge in [0, 0.05) is 6.42 Å².